The van der Waals surface area contributed by atoms with Gasteiger partial charge in [-0.2, -0.15) is 0 Å². The average Bonchev–Trinajstić information content (AvgIpc) is 2.69. The molecule has 0 aliphatic heterocycles. The van der Waals surface area contributed by atoms with Crippen LogP contribution in [-0.4, -0.2) is 9.38 Å². The molecule has 0 atom stereocenters. The molecule has 0 saturated carbocycles. The van der Waals surface area contributed by atoms with E-state index in [1.807, 2.05) is 13.0 Å². The summed E-state index contributed by atoms with van der Waals surface area (Å²) in [6, 6.07) is 10.4. The second kappa shape index (κ2) is 4.12. The van der Waals surface area contributed by atoms with Gasteiger partial charge in [-0.3, -0.25) is 0 Å². The van der Waals surface area contributed by atoms with Gasteiger partial charge in [0.15, 0.2) is 5.65 Å². The van der Waals surface area contributed by atoms with Gasteiger partial charge < -0.3 is 10.1 Å². The first-order valence-electron chi connectivity index (χ1n) is 6.38. The molecule has 0 amide bonds. The van der Waals surface area contributed by atoms with Crippen LogP contribution in [0.25, 0.3) is 16.9 Å². The van der Waals surface area contributed by atoms with Gasteiger partial charge in [0.1, 0.15) is 0 Å². The van der Waals surface area contributed by atoms with E-state index >= 15 is 0 Å². The summed E-state index contributed by atoms with van der Waals surface area (Å²) in [6.45, 7) is 6.20. The summed E-state index contributed by atoms with van der Waals surface area (Å²) in [6.07, 6.45) is 2.08. The molecule has 2 N–H and O–H groups in total. The fraction of sp³-hybridized carbons (Fsp3) is 0.188. The lowest BCUT2D eigenvalue weighted by atomic mass is 10.1. The maximum absolute atomic E-state index is 6.06. The number of aromatic nitrogens is 2. The smallest absolute Gasteiger partial charge is 0.160 e. The van der Waals surface area contributed by atoms with Crippen LogP contribution in [0.1, 0.15) is 16.8 Å². The van der Waals surface area contributed by atoms with Crippen molar-refractivity contribution in [2.75, 3.05) is 5.73 Å². The summed E-state index contributed by atoms with van der Waals surface area (Å²) >= 11 is 0. The van der Waals surface area contributed by atoms with Gasteiger partial charge in [-0.15, -0.1) is 0 Å². The fourth-order valence-corrected chi connectivity index (χ4v) is 2.41. The lowest BCUT2D eigenvalue weighted by molar-refractivity contribution is 1.09. The molecule has 0 unspecified atom stereocenters. The van der Waals surface area contributed by atoms with Crippen molar-refractivity contribution in [3.8, 4) is 11.3 Å². The molecular weight excluding hydrogens is 234 g/mol. The highest BCUT2D eigenvalue weighted by Crippen LogP contribution is 2.26. The maximum Gasteiger partial charge on any atom is 0.160 e. The van der Waals surface area contributed by atoms with Crippen molar-refractivity contribution in [3.63, 3.8) is 0 Å². The molecule has 96 valence electrons. The fourth-order valence-electron chi connectivity index (χ4n) is 2.41. The molecule has 0 radical (unpaired) electrons. The Balaban J connectivity index is 2.28. The third-order valence-corrected chi connectivity index (χ3v) is 3.45. The Morgan fingerprint density at radius 2 is 1.68 bits per heavy atom. The van der Waals surface area contributed by atoms with Crippen molar-refractivity contribution in [2.24, 2.45) is 0 Å². The van der Waals surface area contributed by atoms with Gasteiger partial charge in [-0.05, 0) is 32.4 Å². The van der Waals surface area contributed by atoms with Crippen molar-refractivity contribution in [1.82, 2.24) is 9.38 Å². The molecule has 3 nitrogen and oxygen atoms in total. The Labute approximate surface area is 112 Å². The lowest BCUT2D eigenvalue weighted by Crippen LogP contribution is -1.95. The van der Waals surface area contributed by atoms with Gasteiger partial charge in [0, 0.05) is 17.5 Å². The molecule has 3 rings (SSSR count). The summed E-state index contributed by atoms with van der Waals surface area (Å²) in [5, 5.41) is 0. The Kier molecular flexibility index (Phi) is 2.56. The highest BCUT2D eigenvalue weighted by molar-refractivity contribution is 5.73. The highest BCUT2D eigenvalue weighted by Gasteiger charge is 2.12. The van der Waals surface area contributed by atoms with E-state index in [9.17, 15) is 0 Å². The number of fused-ring (bicyclic) bond motifs is 1. The van der Waals surface area contributed by atoms with Crippen LogP contribution in [0.2, 0.25) is 0 Å². The van der Waals surface area contributed by atoms with Crippen LogP contribution in [0.5, 0.6) is 0 Å². The summed E-state index contributed by atoms with van der Waals surface area (Å²) in [7, 11) is 0. The van der Waals surface area contributed by atoms with E-state index in [4.69, 9.17) is 10.7 Å². The van der Waals surface area contributed by atoms with Gasteiger partial charge in [0.25, 0.3) is 0 Å². The molecule has 0 bridgehead atoms. The van der Waals surface area contributed by atoms with Gasteiger partial charge >= 0.3 is 0 Å². The summed E-state index contributed by atoms with van der Waals surface area (Å²) in [4.78, 5) is 4.69. The van der Waals surface area contributed by atoms with Gasteiger partial charge in [-0.1, -0.05) is 29.8 Å². The van der Waals surface area contributed by atoms with E-state index in [1.165, 1.54) is 5.56 Å². The molecular formula is C16H17N3. The van der Waals surface area contributed by atoms with Crippen molar-refractivity contribution < 1.29 is 0 Å². The zero-order valence-corrected chi connectivity index (χ0v) is 11.4. The van der Waals surface area contributed by atoms with Crippen LogP contribution in [0.3, 0.4) is 0 Å². The highest BCUT2D eigenvalue weighted by atomic mass is 15.0. The Bertz CT molecular complexity index is 752. The number of aryl methyl sites for hydroxylation is 3. The molecule has 0 aliphatic carbocycles. The number of benzene rings is 1. The molecule has 3 aromatic rings. The average molecular weight is 251 g/mol. The van der Waals surface area contributed by atoms with Crippen LogP contribution in [0.15, 0.2) is 36.5 Å². The SMILES string of the molecule is Cc1ccc(-c2nc3c(N)cc(C)cn3c2C)cc1. The second-order valence-corrected chi connectivity index (χ2v) is 5.08. The van der Waals surface area contributed by atoms with Gasteiger partial charge in [0.05, 0.1) is 11.4 Å². The Morgan fingerprint density at radius 3 is 2.37 bits per heavy atom. The van der Waals surface area contributed by atoms with Crippen molar-refractivity contribution in [3.05, 3.63) is 53.3 Å². The third-order valence-electron chi connectivity index (χ3n) is 3.45. The van der Waals surface area contributed by atoms with Crippen LogP contribution < -0.4 is 5.73 Å². The molecule has 0 saturated heterocycles. The number of imidazole rings is 1. The van der Waals surface area contributed by atoms with E-state index in [1.54, 1.807) is 0 Å². The first-order chi connectivity index (χ1) is 9.06. The molecule has 1 aromatic carbocycles. The van der Waals surface area contributed by atoms with Crippen molar-refractivity contribution in [1.29, 1.82) is 0 Å². The number of hydrogen-bond donors (Lipinski definition) is 1. The zero-order chi connectivity index (χ0) is 13.6. The number of nitrogens with two attached hydrogens (primary N) is 1. The number of anilines is 1. The van der Waals surface area contributed by atoms with Crippen LogP contribution in [0.4, 0.5) is 5.69 Å². The van der Waals surface area contributed by atoms with Crippen molar-refractivity contribution >= 4 is 11.3 Å². The summed E-state index contributed by atoms with van der Waals surface area (Å²) < 4.78 is 2.07. The number of nitrogen functional groups attached to an aromatic ring is 1. The Morgan fingerprint density at radius 1 is 1.00 bits per heavy atom. The largest absolute Gasteiger partial charge is 0.396 e. The predicted octanol–water partition coefficient (Wildman–Crippen LogP) is 3.51. The number of pyridine rings is 1. The van der Waals surface area contributed by atoms with E-state index in [2.05, 4.69) is 48.7 Å². The van der Waals surface area contributed by atoms with Gasteiger partial charge in [-0.25, -0.2) is 4.98 Å². The number of hydrogen-bond acceptors (Lipinski definition) is 2. The summed E-state index contributed by atoms with van der Waals surface area (Å²) in [5.74, 6) is 0. The lowest BCUT2D eigenvalue weighted by Gasteiger charge is -2.02. The Hall–Kier alpha value is -2.29. The van der Waals surface area contributed by atoms with E-state index in [-0.39, 0.29) is 0 Å². The molecule has 3 heteroatoms. The minimum atomic E-state index is 0.724. The molecule has 0 fully saturated rings. The standard InChI is InChI=1S/C16H17N3/c1-10-4-6-13(7-5-10)15-12(3)19-9-11(2)8-14(17)16(19)18-15/h4-9H,17H2,1-3H3. The molecule has 0 spiro atoms. The topological polar surface area (TPSA) is 43.3 Å². The van der Waals surface area contributed by atoms with Gasteiger partial charge in [0.2, 0.25) is 0 Å². The van der Waals surface area contributed by atoms with E-state index in [0.29, 0.717) is 0 Å². The normalized spacial score (nSPS) is 11.1. The van der Waals surface area contributed by atoms with E-state index in [0.717, 1.165) is 33.8 Å². The monoisotopic (exact) mass is 251 g/mol. The minimum absolute atomic E-state index is 0.724. The molecule has 0 aliphatic rings. The molecule has 2 aromatic heterocycles. The van der Waals surface area contributed by atoms with Crippen molar-refractivity contribution in [2.45, 2.75) is 20.8 Å². The third kappa shape index (κ3) is 1.87. The van der Waals surface area contributed by atoms with E-state index < -0.39 is 0 Å². The minimum Gasteiger partial charge on any atom is -0.396 e. The quantitative estimate of drug-likeness (QED) is 0.719. The van der Waals surface area contributed by atoms with Crippen LogP contribution >= 0.6 is 0 Å². The zero-order valence-electron chi connectivity index (χ0n) is 11.4. The predicted molar refractivity (Wildman–Crippen MR) is 79.3 cm³/mol. The van der Waals surface area contributed by atoms with Crippen LogP contribution in [-0.2, 0) is 0 Å². The first-order valence-corrected chi connectivity index (χ1v) is 6.38. The molecule has 19 heavy (non-hydrogen) atoms. The number of nitrogens with zero attached hydrogens (tertiary/aromatic N) is 2. The maximum atomic E-state index is 6.06. The summed E-state index contributed by atoms with van der Waals surface area (Å²) in [5.41, 5.74) is 13.2. The van der Waals surface area contributed by atoms with Crippen LogP contribution in [0, 0.1) is 20.8 Å². The molecule has 2 heterocycles. The first kappa shape index (κ1) is 11.8. The second-order valence-electron chi connectivity index (χ2n) is 5.08. The number of rotatable bonds is 1.